The minimum absolute atomic E-state index is 0.0132. The fourth-order valence-electron chi connectivity index (χ4n) is 5.08. The molecule has 5 rings (SSSR count). The van der Waals surface area contributed by atoms with Gasteiger partial charge in [-0.2, -0.15) is 0 Å². The average Bonchev–Trinajstić information content (AvgIpc) is 3.50. The van der Waals surface area contributed by atoms with Crippen LogP contribution in [0.4, 0.5) is 17.3 Å². The fraction of sp³-hybridized carbons (Fsp3) is 0.480. The second kappa shape index (κ2) is 9.48. The SMILES string of the molecule is COC1(c2c(C(=O)N(C)C)sc3cnc(Nc4ccc(N5CCNCC5)cn4)cc23)CCCC1. The molecule has 0 radical (unpaired) electrons. The van der Waals surface area contributed by atoms with Crippen LogP contribution in [0.25, 0.3) is 10.1 Å². The van der Waals surface area contributed by atoms with Crippen molar-refractivity contribution in [2.24, 2.45) is 0 Å². The van der Waals surface area contributed by atoms with E-state index in [-0.39, 0.29) is 5.91 Å². The van der Waals surface area contributed by atoms with Crippen molar-refractivity contribution in [3.63, 3.8) is 0 Å². The molecule has 8 nitrogen and oxygen atoms in total. The summed E-state index contributed by atoms with van der Waals surface area (Å²) in [4.78, 5) is 27.1. The molecule has 0 unspecified atom stereocenters. The Balaban J connectivity index is 1.49. The number of nitrogens with zero attached hydrogens (tertiary/aromatic N) is 4. The van der Waals surface area contributed by atoms with Gasteiger partial charge in [0, 0.05) is 64.5 Å². The summed E-state index contributed by atoms with van der Waals surface area (Å²) in [6, 6.07) is 6.13. The van der Waals surface area contributed by atoms with Crippen LogP contribution in [-0.2, 0) is 10.3 Å². The maximum absolute atomic E-state index is 13.1. The number of ether oxygens (including phenoxy) is 1. The Morgan fingerprint density at radius 3 is 2.53 bits per heavy atom. The summed E-state index contributed by atoms with van der Waals surface area (Å²) in [6.45, 7) is 3.97. The number of carbonyl (C=O) groups excluding carboxylic acids is 1. The number of thiophene rings is 1. The molecule has 3 aromatic heterocycles. The van der Waals surface area contributed by atoms with Gasteiger partial charge in [-0.1, -0.05) is 12.8 Å². The molecule has 2 aliphatic rings. The Morgan fingerprint density at radius 2 is 1.88 bits per heavy atom. The molecule has 0 atom stereocenters. The largest absolute Gasteiger partial charge is 0.373 e. The van der Waals surface area contributed by atoms with Gasteiger partial charge in [-0.25, -0.2) is 9.97 Å². The molecule has 2 N–H and O–H groups in total. The predicted molar refractivity (Wildman–Crippen MR) is 137 cm³/mol. The van der Waals surface area contributed by atoms with Crippen molar-refractivity contribution in [3.8, 4) is 0 Å². The summed E-state index contributed by atoms with van der Waals surface area (Å²) >= 11 is 1.51. The Labute approximate surface area is 204 Å². The second-order valence-corrected chi connectivity index (χ2v) is 10.3. The molecule has 2 fully saturated rings. The van der Waals surface area contributed by atoms with Gasteiger partial charge in [0.1, 0.15) is 11.6 Å². The first-order valence-electron chi connectivity index (χ1n) is 11.9. The molecule has 1 saturated carbocycles. The van der Waals surface area contributed by atoms with Crippen molar-refractivity contribution in [3.05, 3.63) is 41.0 Å². The van der Waals surface area contributed by atoms with Gasteiger partial charge in [0.15, 0.2) is 0 Å². The van der Waals surface area contributed by atoms with Crippen LogP contribution < -0.4 is 15.5 Å². The zero-order chi connectivity index (χ0) is 23.7. The highest BCUT2D eigenvalue weighted by molar-refractivity contribution is 7.21. The minimum Gasteiger partial charge on any atom is -0.373 e. The van der Waals surface area contributed by atoms with Crippen LogP contribution in [0.1, 0.15) is 40.9 Å². The van der Waals surface area contributed by atoms with Crippen LogP contribution in [0, 0.1) is 0 Å². The van der Waals surface area contributed by atoms with Crippen molar-refractivity contribution >= 4 is 44.7 Å². The van der Waals surface area contributed by atoms with Gasteiger partial charge in [0.2, 0.25) is 0 Å². The molecule has 180 valence electrons. The van der Waals surface area contributed by atoms with Crippen LogP contribution in [0.5, 0.6) is 0 Å². The van der Waals surface area contributed by atoms with Gasteiger partial charge in [0.25, 0.3) is 5.91 Å². The highest BCUT2D eigenvalue weighted by Gasteiger charge is 2.41. The summed E-state index contributed by atoms with van der Waals surface area (Å²) in [5, 5.41) is 7.76. The third kappa shape index (κ3) is 4.23. The van der Waals surface area contributed by atoms with E-state index >= 15 is 0 Å². The third-order valence-electron chi connectivity index (χ3n) is 6.92. The molecule has 1 saturated heterocycles. The quantitative estimate of drug-likeness (QED) is 0.553. The Hall–Kier alpha value is -2.75. The van der Waals surface area contributed by atoms with E-state index in [1.54, 1.807) is 26.1 Å². The lowest BCUT2D eigenvalue weighted by Crippen LogP contribution is -2.43. The molecular weight excluding hydrogens is 448 g/mol. The van der Waals surface area contributed by atoms with E-state index in [2.05, 4.69) is 31.6 Å². The number of carbonyl (C=O) groups is 1. The van der Waals surface area contributed by atoms with Gasteiger partial charge < -0.3 is 25.2 Å². The van der Waals surface area contributed by atoms with Crippen molar-refractivity contribution in [1.82, 2.24) is 20.2 Å². The van der Waals surface area contributed by atoms with Crippen LogP contribution in [0.15, 0.2) is 30.6 Å². The Kier molecular flexibility index (Phi) is 6.42. The summed E-state index contributed by atoms with van der Waals surface area (Å²) in [7, 11) is 5.36. The monoisotopic (exact) mass is 480 g/mol. The molecule has 1 aliphatic heterocycles. The summed E-state index contributed by atoms with van der Waals surface area (Å²) in [5.41, 5.74) is 1.71. The molecule has 0 bridgehead atoms. The molecule has 1 amide bonds. The number of piperazine rings is 1. The topological polar surface area (TPSA) is 82.6 Å². The van der Waals surface area contributed by atoms with Gasteiger partial charge in [-0.3, -0.25) is 4.79 Å². The molecule has 0 spiro atoms. The number of amides is 1. The first kappa shape index (κ1) is 23.0. The molecule has 4 heterocycles. The predicted octanol–water partition coefficient (Wildman–Crippen LogP) is 3.96. The van der Waals surface area contributed by atoms with Gasteiger partial charge in [-0.15, -0.1) is 11.3 Å². The zero-order valence-corrected chi connectivity index (χ0v) is 20.9. The second-order valence-electron chi connectivity index (χ2n) is 9.24. The number of anilines is 3. The molecular formula is C25H32N6O2S. The minimum atomic E-state index is -0.429. The van der Waals surface area contributed by atoms with Crippen LogP contribution in [0.3, 0.4) is 0 Å². The number of hydrogen-bond acceptors (Lipinski definition) is 8. The van der Waals surface area contributed by atoms with E-state index in [0.717, 1.165) is 83.9 Å². The van der Waals surface area contributed by atoms with Crippen molar-refractivity contribution in [2.75, 3.05) is 57.6 Å². The lowest BCUT2D eigenvalue weighted by Gasteiger charge is -2.29. The standard InChI is InChI=1S/C25H32N6O2S/c1-30(2)24(32)23-22(25(33-3)8-4-5-9-25)18-14-21(28-16-19(18)34-23)29-20-7-6-17(15-27-20)31-12-10-26-11-13-31/h6-7,14-16,26H,4-5,8-13H2,1-3H3,(H,27,28,29). The summed E-state index contributed by atoms with van der Waals surface area (Å²) in [5.74, 6) is 1.47. The molecule has 3 aromatic rings. The number of methoxy groups -OCH3 is 1. The van der Waals surface area contributed by atoms with Gasteiger partial charge in [0.05, 0.1) is 27.1 Å². The van der Waals surface area contributed by atoms with Crippen molar-refractivity contribution < 1.29 is 9.53 Å². The number of fused-ring (bicyclic) bond motifs is 1. The first-order valence-corrected chi connectivity index (χ1v) is 12.7. The molecule has 34 heavy (non-hydrogen) atoms. The summed E-state index contributed by atoms with van der Waals surface area (Å²) < 4.78 is 7.12. The zero-order valence-electron chi connectivity index (χ0n) is 20.1. The van der Waals surface area contributed by atoms with E-state index in [1.165, 1.54) is 11.3 Å². The smallest absolute Gasteiger partial charge is 0.263 e. The van der Waals surface area contributed by atoms with Crippen LogP contribution in [-0.4, -0.2) is 68.2 Å². The average molecular weight is 481 g/mol. The van der Waals surface area contributed by atoms with E-state index in [1.807, 2.05) is 24.5 Å². The van der Waals surface area contributed by atoms with E-state index in [0.29, 0.717) is 5.82 Å². The van der Waals surface area contributed by atoms with E-state index in [4.69, 9.17) is 4.74 Å². The maximum atomic E-state index is 13.1. The van der Waals surface area contributed by atoms with E-state index < -0.39 is 5.60 Å². The lowest BCUT2D eigenvalue weighted by atomic mass is 9.89. The van der Waals surface area contributed by atoms with Crippen LogP contribution >= 0.6 is 11.3 Å². The summed E-state index contributed by atoms with van der Waals surface area (Å²) in [6.07, 6.45) is 7.80. The lowest BCUT2D eigenvalue weighted by molar-refractivity contribution is -0.00787. The number of hydrogen-bond donors (Lipinski definition) is 2. The van der Waals surface area contributed by atoms with Crippen molar-refractivity contribution in [2.45, 2.75) is 31.3 Å². The fourth-order valence-corrected chi connectivity index (χ4v) is 6.34. The van der Waals surface area contributed by atoms with Crippen molar-refractivity contribution in [1.29, 1.82) is 0 Å². The number of pyridine rings is 2. The normalized spacial score (nSPS) is 17.8. The highest BCUT2D eigenvalue weighted by Crippen LogP contribution is 2.49. The molecule has 0 aromatic carbocycles. The first-order chi connectivity index (χ1) is 16.5. The van der Waals surface area contributed by atoms with Crippen LogP contribution in [0.2, 0.25) is 0 Å². The van der Waals surface area contributed by atoms with Gasteiger partial charge in [-0.05, 0) is 31.0 Å². The highest BCUT2D eigenvalue weighted by atomic mass is 32.1. The molecule has 1 aliphatic carbocycles. The van der Waals surface area contributed by atoms with Gasteiger partial charge >= 0.3 is 0 Å². The number of aromatic nitrogens is 2. The number of nitrogens with one attached hydrogen (secondary N) is 2. The number of rotatable bonds is 6. The Morgan fingerprint density at radius 1 is 1.15 bits per heavy atom. The van der Waals surface area contributed by atoms with E-state index in [9.17, 15) is 4.79 Å². The maximum Gasteiger partial charge on any atom is 0.263 e. The Bertz CT molecular complexity index is 1160. The molecule has 9 heteroatoms. The third-order valence-corrected chi connectivity index (χ3v) is 8.05.